The standard InChI is InChI=1S/C13H19BrN2S/c14-9-4-13(17-8-9)7-16-11-2-1-3-12(16)6-10(15)5-11/h4,8,10-12H,1-3,5-7,15H2. The number of rotatable bonds is 2. The number of nitrogens with two attached hydrogens (primary N) is 1. The van der Waals surface area contributed by atoms with Crippen molar-refractivity contribution >= 4 is 27.3 Å². The van der Waals surface area contributed by atoms with Gasteiger partial charge in [-0.1, -0.05) is 6.42 Å². The van der Waals surface area contributed by atoms with Gasteiger partial charge in [-0.2, -0.15) is 0 Å². The van der Waals surface area contributed by atoms with E-state index in [1.165, 1.54) is 41.5 Å². The summed E-state index contributed by atoms with van der Waals surface area (Å²) < 4.78 is 1.22. The molecule has 1 aromatic heterocycles. The minimum absolute atomic E-state index is 0.441. The van der Waals surface area contributed by atoms with E-state index in [1.807, 2.05) is 11.3 Å². The number of halogens is 1. The van der Waals surface area contributed by atoms with Crippen LogP contribution < -0.4 is 5.73 Å². The predicted octanol–water partition coefficient (Wildman–Crippen LogP) is 3.35. The van der Waals surface area contributed by atoms with Crippen molar-refractivity contribution in [1.82, 2.24) is 4.90 Å². The largest absolute Gasteiger partial charge is 0.328 e. The molecule has 2 nitrogen and oxygen atoms in total. The van der Waals surface area contributed by atoms with E-state index >= 15 is 0 Å². The molecule has 0 amide bonds. The lowest BCUT2D eigenvalue weighted by molar-refractivity contribution is 0.0253. The van der Waals surface area contributed by atoms with Gasteiger partial charge in [0.2, 0.25) is 0 Å². The Kier molecular flexibility index (Phi) is 3.57. The van der Waals surface area contributed by atoms with E-state index in [-0.39, 0.29) is 0 Å². The third-order valence-corrected chi connectivity index (χ3v) is 5.80. The average molecular weight is 315 g/mol. The Labute approximate surface area is 115 Å². The van der Waals surface area contributed by atoms with Crippen LogP contribution in [0.4, 0.5) is 0 Å². The van der Waals surface area contributed by atoms with E-state index in [2.05, 4.69) is 32.3 Å². The Bertz CT molecular complexity index is 379. The highest BCUT2D eigenvalue weighted by Gasteiger charge is 2.36. The second-order valence-electron chi connectivity index (χ2n) is 5.37. The molecule has 0 aromatic carbocycles. The third-order valence-electron chi connectivity index (χ3n) is 4.12. The van der Waals surface area contributed by atoms with Gasteiger partial charge < -0.3 is 5.73 Å². The monoisotopic (exact) mass is 314 g/mol. The smallest absolute Gasteiger partial charge is 0.0334 e. The van der Waals surface area contributed by atoms with Gasteiger partial charge in [0.15, 0.2) is 0 Å². The molecule has 2 aliphatic heterocycles. The second-order valence-corrected chi connectivity index (χ2v) is 7.29. The summed E-state index contributed by atoms with van der Waals surface area (Å²) in [4.78, 5) is 4.19. The molecule has 2 fully saturated rings. The van der Waals surface area contributed by atoms with E-state index in [0.29, 0.717) is 6.04 Å². The molecular weight excluding hydrogens is 296 g/mol. The van der Waals surface area contributed by atoms with Crippen LogP contribution in [-0.2, 0) is 6.54 Å². The molecule has 3 rings (SSSR count). The topological polar surface area (TPSA) is 29.3 Å². The molecule has 94 valence electrons. The van der Waals surface area contributed by atoms with E-state index in [4.69, 9.17) is 5.73 Å². The fourth-order valence-corrected chi connectivity index (χ4v) is 4.85. The van der Waals surface area contributed by atoms with E-state index in [0.717, 1.165) is 18.6 Å². The van der Waals surface area contributed by atoms with Crippen LogP contribution in [0, 0.1) is 0 Å². The van der Waals surface area contributed by atoms with Gasteiger partial charge in [-0.15, -0.1) is 11.3 Å². The zero-order chi connectivity index (χ0) is 11.8. The minimum Gasteiger partial charge on any atom is -0.328 e. The van der Waals surface area contributed by atoms with Crippen LogP contribution in [0.2, 0.25) is 0 Å². The molecule has 4 heteroatoms. The fourth-order valence-electron chi connectivity index (χ4n) is 3.40. The molecule has 17 heavy (non-hydrogen) atoms. The van der Waals surface area contributed by atoms with Crippen molar-refractivity contribution in [2.45, 2.75) is 56.8 Å². The van der Waals surface area contributed by atoms with Gasteiger partial charge in [-0.3, -0.25) is 4.90 Å². The van der Waals surface area contributed by atoms with Crippen molar-refractivity contribution in [1.29, 1.82) is 0 Å². The first-order valence-corrected chi connectivity index (χ1v) is 8.14. The lowest BCUT2D eigenvalue weighted by atomic mass is 9.82. The molecule has 0 radical (unpaired) electrons. The SMILES string of the molecule is NC1CC2CCCC(C1)N2Cc1cc(Br)cs1. The van der Waals surface area contributed by atoms with Crippen molar-refractivity contribution in [3.8, 4) is 0 Å². The number of piperidine rings is 2. The quantitative estimate of drug-likeness (QED) is 0.907. The number of fused-ring (bicyclic) bond motifs is 2. The Morgan fingerprint density at radius 2 is 2.06 bits per heavy atom. The molecule has 2 unspecified atom stereocenters. The summed E-state index contributed by atoms with van der Waals surface area (Å²) in [5, 5.41) is 2.18. The van der Waals surface area contributed by atoms with Gasteiger partial charge >= 0.3 is 0 Å². The number of hydrogen-bond acceptors (Lipinski definition) is 3. The highest BCUT2D eigenvalue weighted by molar-refractivity contribution is 9.10. The lowest BCUT2D eigenvalue weighted by Crippen LogP contribution is -2.54. The molecule has 3 heterocycles. The molecule has 2 aliphatic rings. The summed E-state index contributed by atoms with van der Waals surface area (Å²) in [7, 11) is 0. The van der Waals surface area contributed by atoms with Gasteiger partial charge in [0.05, 0.1) is 0 Å². The summed E-state index contributed by atoms with van der Waals surface area (Å²) in [6.07, 6.45) is 6.48. The molecular formula is C13H19BrN2S. The van der Waals surface area contributed by atoms with E-state index in [1.54, 1.807) is 0 Å². The van der Waals surface area contributed by atoms with Gasteiger partial charge in [-0.25, -0.2) is 0 Å². The Hall–Kier alpha value is 0.1000. The lowest BCUT2D eigenvalue weighted by Gasteiger charge is -2.48. The molecule has 1 aromatic rings. The summed E-state index contributed by atoms with van der Waals surface area (Å²) in [5.74, 6) is 0. The third kappa shape index (κ3) is 2.60. The second kappa shape index (κ2) is 5.00. The molecule has 2 atom stereocenters. The average Bonchev–Trinajstić information content (AvgIpc) is 2.65. The van der Waals surface area contributed by atoms with Crippen molar-refractivity contribution in [3.63, 3.8) is 0 Å². The van der Waals surface area contributed by atoms with Crippen LogP contribution in [0.3, 0.4) is 0 Å². The van der Waals surface area contributed by atoms with Crippen molar-refractivity contribution in [2.24, 2.45) is 5.73 Å². The summed E-state index contributed by atoms with van der Waals surface area (Å²) in [5.41, 5.74) is 6.15. The van der Waals surface area contributed by atoms with Crippen LogP contribution in [-0.4, -0.2) is 23.0 Å². The fraction of sp³-hybridized carbons (Fsp3) is 0.692. The molecule has 0 saturated carbocycles. The van der Waals surface area contributed by atoms with Crippen molar-refractivity contribution in [3.05, 3.63) is 20.8 Å². The minimum atomic E-state index is 0.441. The molecule has 0 spiro atoms. The normalized spacial score (nSPS) is 33.9. The zero-order valence-electron chi connectivity index (χ0n) is 9.94. The Balaban J connectivity index is 1.73. The summed E-state index contributed by atoms with van der Waals surface area (Å²) in [6.45, 7) is 1.12. The first-order valence-electron chi connectivity index (χ1n) is 6.46. The van der Waals surface area contributed by atoms with Crippen LogP contribution in [0.25, 0.3) is 0 Å². The Morgan fingerprint density at radius 3 is 2.65 bits per heavy atom. The van der Waals surface area contributed by atoms with Crippen LogP contribution in [0.15, 0.2) is 15.9 Å². The molecule has 2 bridgehead atoms. The van der Waals surface area contributed by atoms with Crippen molar-refractivity contribution < 1.29 is 0 Å². The highest BCUT2D eigenvalue weighted by Crippen LogP contribution is 2.35. The molecule has 0 aliphatic carbocycles. The van der Waals surface area contributed by atoms with Gasteiger partial charge in [0.25, 0.3) is 0 Å². The summed E-state index contributed by atoms with van der Waals surface area (Å²) in [6, 6.07) is 4.17. The van der Waals surface area contributed by atoms with Crippen LogP contribution in [0.1, 0.15) is 37.0 Å². The Morgan fingerprint density at radius 1 is 1.35 bits per heavy atom. The highest BCUT2D eigenvalue weighted by atomic mass is 79.9. The summed E-state index contributed by atoms with van der Waals surface area (Å²) >= 11 is 5.40. The number of hydrogen-bond donors (Lipinski definition) is 1. The van der Waals surface area contributed by atoms with Crippen molar-refractivity contribution in [2.75, 3.05) is 0 Å². The van der Waals surface area contributed by atoms with Crippen LogP contribution in [0.5, 0.6) is 0 Å². The van der Waals surface area contributed by atoms with Gasteiger partial charge in [-0.05, 0) is 47.7 Å². The number of thiophene rings is 1. The zero-order valence-corrected chi connectivity index (χ0v) is 12.3. The maximum atomic E-state index is 6.15. The number of nitrogens with zero attached hydrogens (tertiary/aromatic N) is 1. The first kappa shape index (κ1) is 12.2. The van der Waals surface area contributed by atoms with Crippen LogP contribution >= 0.6 is 27.3 Å². The maximum absolute atomic E-state index is 6.15. The predicted molar refractivity (Wildman–Crippen MR) is 76.2 cm³/mol. The van der Waals surface area contributed by atoms with Gasteiger partial charge in [0.1, 0.15) is 0 Å². The van der Waals surface area contributed by atoms with E-state index in [9.17, 15) is 0 Å². The van der Waals surface area contributed by atoms with E-state index < -0.39 is 0 Å². The first-order chi connectivity index (χ1) is 8.22. The maximum Gasteiger partial charge on any atom is 0.0334 e. The molecule has 2 N–H and O–H groups in total. The van der Waals surface area contributed by atoms with Gasteiger partial charge in [0, 0.05) is 39.4 Å². The molecule has 2 saturated heterocycles.